The van der Waals surface area contributed by atoms with Gasteiger partial charge in [0.25, 0.3) is 0 Å². The minimum atomic E-state index is 0.773. The summed E-state index contributed by atoms with van der Waals surface area (Å²) in [5.41, 5.74) is 1.76. The van der Waals surface area contributed by atoms with Crippen LogP contribution in [0.1, 0.15) is 73.1 Å². The van der Waals surface area contributed by atoms with Gasteiger partial charge in [0.2, 0.25) is 0 Å². The summed E-state index contributed by atoms with van der Waals surface area (Å²) < 4.78 is 0. The number of allylic oxidation sites excluding steroid dienone is 4. The fourth-order valence-corrected chi connectivity index (χ4v) is 5.25. The number of rotatable bonds is 3. The summed E-state index contributed by atoms with van der Waals surface area (Å²) in [6, 6.07) is 0. The molecule has 7 atom stereocenters. The van der Waals surface area contributed by atoms with E-state index in [-0.39, 0.29) is 0 Å². The average molecular weight is 315 g/mol. The highest BCUT2D eigenvalue weighted by Crippen LogP contribution is 2.61. The maximum atomic E-state index is 2.72. The third kappa shape index (κ3) is 3.94. The molecule has 3 aliphatic rings. The highest BCUT2D eigenvalue weighted by molar-refractivity contribution is 5.16. The molecule has 0 aliphatic heterocycles. The molecule has 2 saturated carbocycles. The van der Waals surface area contributed by atoms with Gasteiger partial charge in [-0.2, -0.15) is 0 Å². The van der Waals surface area contributed by atoms with E-state index in [1.807, 2.05) is 0 Å². The van der Waals surface area contributed by atoms with E-state index in [2.05, 4.69) is 52.8 Å². The standard InChI is InChI=1S/C23H38/c1-6-16(3)19-10-8-7-9-15(2)11-12-21(22-14-20(22)13-19)23-17(4)18(23)5/h7,9,13,15-18,20-23H,6,8,10-12,14H2,1-5H3. The van der Waals surface area contributed by atoms with E-state index in [9.17, 15) is 0 Å². The van der Waals surface area contributed by atoms with E-state index in [0.717, 1.165) is 47.3 Å². The van der Waals surface area contributed by atoms with Gasteiger partial charge in [-0.15, -0.1) is 0 Å². The molecule has 0 aromatic heterocycles. The minimum Gasteiger partial charge on any atom is -0.0880 e. The summed E-state index contributed by atoms with van der Waals surface area (Å²) in [5.74, 6) is 7.50. The number of hydrogen-bond donors (Lipinski definition) is 0. The van der Waals surface area contributed by atoms with Crippen molar-refractivity contribution < 1.29 is 0 Å². The quantitative estimate of drug-likeness (QED) is 0.498. The Morgan fingerprint density at radius 3 is 2.48 bits per heavy atom. The van der Waals surface area contributed by atoms with Crippen molar-refractivity contribution in [2.75, 3.05) is 0 Å². The molecule has 0 bridgehead atoms. The molecule has 3 aliphatic carbocycles. The van der Waals surface area contributed by atoms with Crippen LogP contribution in [0, 0.1) is 47.3 Å². The zero-order chi connectivity index (χ0) is 16.6. The summed E-state index contributed by atoms with van der Waals surface area (Å²) in [7, 11) is 0. The Morgan fingerprint density at radius 1 is 1.09 bits per heavy atom. The van der Waals surface area contributed by atoms with Crippen LogP contribution in [0.3, 0.4) is 0 Å². The summed E-state index contributed by atoms with van der Waals surface area (Å²) in [6.07, 6.45) is 15.9. The van der Waals surface area contributed by atoms with Gasteiger partial charge in [-0.25, -0.2) is 0 Å². The Balaban J connectivity index is 1.76. The molecule has 0 saturated heterocycles. The van der Waals surface area contributed by atoms with Crippen LogP contribution < -0.4 is 0 Å². The molecule has 0 heteroatoms. The zero-order valence-corrected chi connectivity index (χ0v) is 16.1. The van der Waals surface area contributed by atoms with Crippen molar-refractivity contribution in [1.82, 2.24) is 0 Å². The summed E-state index contributed by atoms with van der Waals surface area (Å²) in [4.78, 5) is 0. The van der Waals surface area contributed by atoms with Crippen LogP contribution in [0.5, 0.6) is 0 Å². The van der Waals surface area contributed by atoms with Crippen LogP contribution in [-0.4, -0.2) is 0 Å². The molecule has 130 valence electrons. The fourth-order valence-electron chi connectivity index (χ4n) is 5.25. The first-order valence-corrected chi connectivity index (χ1v) is 10.4. The van der Waals surface area contributed by atoms with Crippen molar-refractivity contribution in [3.05, 3.63) is 23.8 Å². The second-order valence-corrected chi connectivity index (χ2v) is 9.10. The van der Waals surface area contributed by atoms with E-state index in [0.29, 0.717) is 0 Å². The largest absolute Gasteiger partial charge is 0.0880 e. The van der Waals surface area contributed by atoms with Crippen LogP contribution in [0.25, 0.3) is 0 Å². The Labute approximate surface area is 144 Å². The maximum absolute atomic E-state index is 2.72. The molecule has 0 amide bonds. The summed E-state index contributed by atoms with van der Waals surface area (Å²) in [6.45, 7) is 12.2. The number of fused-ring (bicyclic) bond motifs is 1. The first-order valence-electron chi connectivity index (χ1n) is 10.4. The van der Waals surface area contributed by atoms with Gasteiger partial charge in [-0.3, -0.25) is 0 Å². The molecule has 0 nitrogen and oxygen atoms in total. The van der Waals surface area contributed by atoms with Crippen LogP contribution in [0.4, 0.5) is 0 Å². The van der Waals surface area contributed by atoms with Crippen molar-refractivity contribution in [1.29, 1.82) is 0 Å². The Kier molecular flexibility index (Phi) is 5.39. The minimum absolute atomic E-state index is 0.773. The smallest absolute Gasteiger partial charge is 0.0196 e. The van der Waals surface area contributed by atoms with E-state index < -0.39 is 0 Å². The maximum Gasteiger partial charge on any atom is -0.0196 e. The first kappa shape index (κ1) is 17.3. The highest BCUT2D eigenvalue weighted by atomic mass is 14.6. The monoisotopic (exact) mass is 314 g/mol. The molecule has 0 aromatic rings. The second kappa shape index (κ2) is 7.16. The van der Waals surface area contributed by atoms with Crippen LogP contribution >= 0.6 is 0 Å². The van der Waals surface area contributed by atoms with E-state index in [1.165, 1.54) is 38.5 Å². The zero-order valence-electron chi connectivity index (χ0n) is 16.1. The average Bonchev–Trinajstić information content (AvgIpc) is 3.42. The normalized spacial score (nSPS) is 45.3. The molecule has 2 fully saturated rings. The third-order valence-corrected chi connectivity index (χ3v) is 7.53. The van der Waals surface area contributed by atoms with Crippen molar-refractivity contribution in [2.24, 2.45) is 47.3 Å². The molecule has 0 N–H and O–H groups in total. The number of hydrogen-bond acceptors (Lipinski definition) is 0. The lowest BCUT2D eigenvalue weighted by Gasteiger charge is -2.20. The van der Waals surface area contributed by atoms with Crippen molar-refractivity contribution in [2.45, 2.75) is 73.1 Å². The second-order valence-electron chi connectivity index (χ2n) is 9.10. The summed E-state index contributed by atoms with van der Waals surface area (Å²) >= 11 is 0. The van der Waals surface area contributed by atoms with Crippen LogP contribution in [-0.2, 0) is 0 Å². The molecule has 0 radical (unpaired) electrons. The molecule has 3 rings (SSSR count). The predicted octanol–water partition coefficient (Wildman–Crippen LogP) is 6.88. The SMILES string of the molecule is CCC(C)C1=CC2CC2C(C2C(C)C2C)CCC(C)C=CCC1. The van der Waals surface area contributed by atoms with Gasteiger partial charge >= 0.3 is 0 Å². The molecule has 23 heavy (non-hydrogen) atoms. The van der Waals surface area contributed by atoms with Crippen molar-refractivity contribution in [3.63, 3.8) is 0 Å². The molecular weight excluding hydrogens is 276 g/mol. The van der Waals surface area contributed by atoms with Gasteiger partial charge in [0, 0.05) is 0 Å². The molecule has 0 spiro atoms. The lowest BCUT2D eigenvalue weighted by Crippen LogP contribution is -2.11. The van der Waals surface area contributed by atoms with Crippen LogP contribution in [0.15, 0.2) is 23.8 Å². The first-order chi connectivity index (χ1) is 11.0. The van der Waals surface area contributed by atoms with Gasteiger partial charge < -0.3 is 0 Å². The predicted molar refractivity (Wildman–Crippen MR) is 101 cm³/mol. The highest BCUT2D eigenvalue weighted by Gasteiger charge is 2.54. The topological polar surface area (TPSA) is 0 Å². The van der Waals surface area contributed by atoms with Crippen molar-refractivity contribution in [3.8, 4) is 0 Å². The molecular formula is C23H38. The van der Waals surface area contributed by atoms with E-state index in [4.69, 9.17) is 0 Å². The Hall–Kier alpha value is -0.520. The van der Waals surface area contributed by atoms with Gasteiger partial charge in [-0.1, -0.05) is 58.4 Å². The van der Waals surface area contributed by atoms with Gasteiger partial charge in [-0.05, 0) is 85.9 Å². The van der Waals surface area contributed by atoms with Crippen molar-refractivity contribution >= 4 is 0 Å². The Morgan fingerprint density at radius 2 is 1.83 bits per heavy atom. The Bertz CT molecular complexity index is 449. The molecule has 7 unspecified atom stereocenters. The van der Waals surface area contributed by atoms with E-state index >= 15 is 0 Å². The van der Waals surface area contributed by atoms with Crippen LogP contribution in [0.2, 0.25) is 0 Å². The molecule has 0 aromatic carbocycles. The third-order valence-electron chi connectivity index (χ3n) is 7.53. The lowest BCUT2D eigenvalue weighted by molar-refractivity contribution is 0.322. The summed E-state index contributed by atoms with van der Waals surface area (Å²) in [5, 5.41) is 0. The van der Waals surface area contributed by atoms with Gasteiger partial charge in [0.05, 0.1) is 0 Å². The van der Waals surface area contributed by atoms with Gasteiger partial charge in [0.1, 0.15) is 0 Å². The fraction of sp³-hybridized carbons (Fsp3) is 0.826. The van der Waals surface area contributed by atoms with E-state index in [1.54, 1.807) is 5.57 Å². The van der Waals surface area contributed by atoms with Gasteiger partial charge in [0.15, 0.2) is 0 Å². The lowest BCUT2D eigenvalue weighted by atomic mass is 9.85. The molecule has 0 heterocycles.